The molecule has 0 aliphatic heterocycles. The highest BCUT2D eigenvalue weighted by Gasteiger charge is 2.42. The zero-order valence-electron chi connectivity index (χ0n) is 15.8. The molecule has 1 unspecified atom stereocenters. The summed E-state index contributed by atoms with van der Waals surface area (Å²) < 4.78 is 4.61. The summed E-state index contributed by atoms with van der Waals surface area (Å²) in [5, 5.41) is 20.4. The molecular formula is C22H28O5. The first-order chi connectivity index (χ1) is 13.0. The molecule has 27 heavy (non-hydrogen) atoms. The predicted molar refractivity (Wildman–Crippen MR) is 101 cm³/mol. The zero-order valence-corrected chi connectivity index (χ0v) is 15.8. The molecule has 1 aromatic carbocycles. The topological polar surface area (TPSA) is 83.8 Å². The fourth-order valence-corrected chi connectivity index (χ4v) is 4.33. The minimum Gasteiger partial charge on any atom is -0.469 e. The molecule has 4 atom stereocenters. The maximum absolute atomic E-state index is 12.4. The Bertz CT molecular complexity index is 723. The van der Waals surface area contributed by atoms with Crippen LogP contribution in [0, 0.1) is 5.92 Å². The fourth-order valence-electron chi connectivity index (χ4n) is 4.33. The van der Waals surface area contributed by atoms with Gasteiger partial charge in [0.05, 0.1) is 19.3 Å². The lowest BCUT2D eigenvalue weighted by Crippen LogP contribution is -2.18. The second-order valence-corrected chi connectivity index (χ2v) is 7.56. The smallest absolute Gasteiger partial charge is 0.305 e. The van der Waals surface area contributed by atoms with Crippen molar-refractivity contribution < 1.29 is 24.5 Å². The second-order valence-electron chi connectivity index (χ2n) is 7.56. The van der Waals surface area contributed by atoms with Gasteiger partial charge in [-0.25, -0.2) is 0 Å². The molecule has 0 aromatic heterocycles. The summed E-state index contributed by atoms with van der Waals surface area (Å²) >= 11 is 0. The van der Waals surface area contributed by atoms with Crippen LogP contribution in [0.25, 0.3) is 0 Å². The molecule has 2 N–H and O–H groups in total. The Morgan fingerprint density at radius 3 is 2.89 bits per heavy atom. The SMILES string of the molecule is COC(=O)CCCC=CC[C@H]1C(=O)C[C@@H](O)[C@@H]1c1ccc2c(c1)CCC2O. The van der Waals surface area contributed by atoms with E-state index in [1.54, 1.807) is 0 Å². The quantitative estimate of drug-likeness (QED) is 0.437. The third-order valence-electron chi connectivity index (χ3n) is 5.81. The van der Waals surface area contributed by atoms with E-state index >= 15 is 0 Å². The number of carbonyl (C=O) groups excluding carboxylic acids is 2. The number of Topliss-reactive ketones (excluding diaryl/α,β-unsaturated/α-hetero) is 1. The van der Waals surface area contributed by atoms with Gasteiger partial charge in [0, 0.05) is 24.7 Å². The van der Waals surface area contributed by atoms with Gasteiger partial charge in [-0.2, -0.15) is 0 Å². The molecule has 0 amide bonds. The van der Waals surface area contributed by atoms with Crippen molar-refractivity contribution >= 4 is 11.8 Å². The third-order valence-corrected chi connectivity index (χ3v) is 5.81. The summed E-state index contributed by atoms with van der Waals surface area (Å²) in [6.07, 6.45) is 7.19. The minimum atomic E-state index is -0.653. The zero-order chi connectivity index (χ0) is 19.4. The van der Waals surface area contributed by atoms with Gasteiger partial charge in [-0.05, 0) is 48.8 Å². The molecule has 2 aliphatic carbocycles. The van der Waals surface area contributed by atoms with Crippen LogP contribution in [0.3, 0.4) is 0 Å². The van der Waals surface area contributed by atoms with Gasteiger partial charge < -0.3 is 14.9 Å². The van der Waals surface area contributed by atoms with E-state index in [0.29, 0.717) is 12.8 Å². The molecule has 1 saturated carbocycles. The number of aliphatic hydroxyl groups excluding tert-OH is 2. The monoisotopic (exact) mass is 372 g/mol. The second kappa shape index (κ2) is 8.81. The van der Waals surface area contributed by atoms with Gasteiger partial charge in [0.2, 0.25) is 0 Å². The van der Waals surface area contributed by atoms with Crippen LogP contribution < -0.4 is 0 Å². The van der Waals surface area contributed by atoms with Gasteiger partial charge in [0.15, 0.2) is 0 Å². The van der Waals surface area contributed by atoms with Crippen molar-refractivity contribution in [3.05, 3.63) is 47.0 Å². The number of allylic oxidation sites excluding steroid dienone is 2. The van der Waals surface area contributed by atoms with Crippen LogP contribution in [0.5, 0.6) is 0 Å². The van der Waals surface area contributed by atoms with E-state index in [-0.39, 0.29) is 30.0 Å². The Morgan fingerprint density at radius 2 is 2.11 bits per heavy atom. The molecule has 1 fully saturated rings. The molecule has 0 heterocycles. The van der Waals surface area contributed by atoms with Crippen LogP contribution >= 0.6 is 0 Å². The van der Waals surface area contributed by atoms with Crippen LogP contribution in [0.2, 0.25) is 0 Å². The first-order valence-corrected chi connectivity index (χ1v) is 9.74. The van der Waals surface area contributed by atoms with E-state index in [0.717, 1.165) is 42.4 Å². The molecule has 0 saturated heterocycles. The molecule has 0 radical (unpaired) electrons. The van der Waals surface area contributed by atoms with E-state index in [2.05, 4.69) is 10.8 Å². The van der Waals surface area contributed by atoms with E-state index < -0.39 is 12.2 Å². The van der Waals surface area contributed by atoms with E-state index in [9.17, 15) is 19.8 Å². The minimum absolute atomic E-state index is 0.104. The molecular weight excluding hydrogens is 344 g/mol. The third kappa shape index (κ3) is 4.47. The van der Waals surface area contributed by atoms with Crippen LogP contribution in [-0.2, 0) is 20.7 Å². The molecule has 0 bridgehead atoms. The first kappa shape index (κ1) is 19.8. The molecule has 5 heteroatoms. The molecule has 5 nitrogen and oxygen atoms in total. The average molecular weight is 372 g/mol. The summed E-state index contributed by atoms with van der Waals surface area (Å²) in [6, 6.07) is 5.95. The van der Waals surface area contributed by atoms with Crippen LogP contribution in [0.1, 0.15) is 67.2 Å². The van der Waals surface area contributed by atoms with Crippen molar-refractivity contribution in [3.63, 3.8) is 0 Å². The number of fused-ring (bicyclic) bond motifs is 1. The number of methoxy groups -OCH3 is 1. The highest BCUT2D eigenvalue weighted by atomic mass is 16.5. The molecule has 3 rings (SSSR count). The van der Waals surface area contributed by atoms with E-state index in [1.807, 2.05) is 24.3 Å². The molecule has 1 aromatic rings. The predicted octanol–water partition coefficient (Wildman–Crippen LogP) is 2.99. The van der Waals surface area contributed by atoms with Crippen molar-refractivity contribution in [1.29, 1.82) is 0 Å². The Morgan fingerprint density at radius 1 is 1.30 bits per heavy atom. The normalized spacial score (nSPS) is 27.3. The lowest BCUT2D eigenvalue weighted by Gasteiger charge is -2.21. The molecule has 0 spiro atoms. The number of ketones is 1. The fraction of sp³-hybridized carbons (Fsp3) is 0.545. The van der Waals surface area contributed by atoms with Gasteiger partial charge >= 0.3 is 5.97 Å². The lowest BCUT2D eigenvalue weighted by atomic mass is 9.84. The average Bonchev–Trinajstić information content (AvgIpc) is 3.16. The Hall–Kier alpha value is -1.98. The van der Waals surface area contributed by atoms with Crippen molar-refractivity contribution in [3.8, 4) is 0 Å². The highest BCUT2D eigenvalue weighted by Crippen LogP contribution is 2.42. The first-order valence-electron chi connectivity index (χ1n) is 9.74. The molecule has 146 valence electrons. The maximum Gasteiger partial charge on any atom is 0.305 e. The van der Waals surface area contributed by atoms with Crippen molar-refractivity contribution in [2.45, 2.75) is 63.1 Å². The number of carbonyl (C=O) groups is 2. The number of hydrogen-bond donors (Lipinski definition) is 2. The van der Waals surface area contributed by atoms with Crippen molar-refractivity contribution in [2.75, 3.05) is 7.11 Å². The van der Waals surface area contributed by atoms with Crippen molar-refractivity contribution in [2.24, 2.45) is 5.92 Å². The standard InChI is InChI=1S/C22H28O5/c1-27-21(26)7-5-3-2-4-6-17-19(24)13-20(25)22(17)15-8-10-16-14(12-15)9-11-18(16)23/h2,4,8,10,12,17-18,20,22-23,25H,3,5-7,9,11,13H2,1H3/t17-,18?,20+,22+/m0/s1. The lowest BCUT2D eigenvalue weighted by molar-refractivity contribution is -0.140. The maximum atomic E-state index is 12.4. The van der Waals surface area contributed by atoms with E-state index in [1.165, 1.54) is 7.11 Å². The highest BCUT2D eigenvalue weighted by molar-refractivity contribution is 5.85. The Kier molecular flexibility index (Phi) is 6.45. The van der Waals surface area contributed by atoms with Gasteiger partial charge in [-0.3, -0.25) is 9.59 Å². The summed E-state index contributed by atoms with van der Waals surface area (Å²) in [5.41, 5.74) is 3.09. The van der Waals surface area contributed by atoms with Crippen molar-refractivity contribution in [1.82, 2.24) is 0 Å². The summed E-state index contributed by atoms with van der Waals surface area (Å²) in [6.45, 7) is 0. The van der Waals surface area contributed by atoms with Gasteiger partial charge in [-0.1, -0.05) is 30.4 Å². The number of rotatable bonds is 7. The van der Waals surface area contributed by atoms with Gasteiger partial charge in [0.25, 0.3) is 0 Å². The summed E-state index contributed by atoms with van der Waals surface area (Å²) in [7, 11) is 1.38. The largest absolute Gasteiger partial charge is 0.469 e. The van der Waals surface area contributed by atoms with E-state index in [4.69, 9.17) is 0 Å². The number of aryl methyl sites for hydroxylation is 1. The summed E-state index contributed by atoms with van der Waals surface area (Å²) in [5.74, 6) is -0.520. The Labute approximate surface area is 160 Å². The number of esters is 1. The number of ether oxygens (including phenoxy) is 1. The summed E-state index contributed by atoms with van der Waals surface area (Å²) in [4.78, 5) is 23.5. The van der Waals surface area contributed by atoms with Crippen LogP contribution in [0.4, 0.5) is 0 Å². The molecule has 2 aliphatic rings. The number of unbranched alkanes of at least 4 members (excludes halogenated alkanes) is 1. The van der Waals surface area contributed by atoms with Gasteiger partial charge in [-0.15, -0.1) is 0 Å². The Balaban J connectivity index is 1.64. The van der Waals surface area contributed by atoms with Gasteiger partial charge in [0.1, 0.15) is 5.78 Å². The van der Waals surface area contributed by atoms with Crippen LogP contribution in [0.15, 0.2) is 30.4 Å². The number of benzene rings is 1. The number of hydrogen-bond acceptors (Lipinski definition) is 5. The number of aliphatic hydroxyl groups is 2. The van der Waals surface area contributed by atoms with Crippen LogP contribution in [-0.4, -0.2) is 35.2 Å².